The molecular weight excluding hydrogens is 408 g/mol. The van der Waals surface area contributed by atoms with Gasteiger partial charge in [-0.15, -0.1) is 0 Å². The highest BCUT2D eigenvalue weighted by Crippen LogP contribution is 2.32. The van der Waals surface area contributed by atoms with Crippen LogP contribution in [0.3, 0.4) is 0 Å². The molecule has 0 spiro atoms. The summed E-state index contributed by atoms with van der Waals surface area (Å²) in [6.07, 6.45) is 8.86. The summed E-state index contributed by atoms with van der Waals surface area (Å²) in [4.78, 5) is 46.5. The molecule has 8 nitrogen and oxygen atoms in total. The number of carbonyl (C=O) groups excluding carboxylic acids is 3. The number of carbonyl (C=O) groups is 3. The molecule has 3 amide bonds. The number of nitrogens with zero attached hydrogens (tertiary/aromatic N) is 3. The maximum atomic E-state index is 14.0. The van der Waals surface area contributed by atoms with Crippen molar-refractivity contribution in [1.82, 2.24) is 10.2 Å². The van der Waals surface area contributed by atoms with Crippen LogP contribution in [0.5, 0.6) is 0 Å². The average Bonchev–Trinajstić information content (AvgIpc) is 3.30. The summed E-state index contributed by atoms with van der Waals surface area (Å²) in [7, 11) is 0. The summed E-state index contributed by atoms with van der Waals surface area (Å²) in [5.41, 5.74) is 0.299. The van der Waals surface area contributed by atoms with Gasteiger partial charge in [0.15, 0.2) is 0 Å². The lowest BCUT2D eigenvalue weighted by atomic mass is 9.90. The molecule has 3 aliphatic heterocycles. The van der Waals surface area contributed by atoms with Gasteiger partial charge in [0, 0.05) is 25.0 Å². The first-order valence-corrected chi connectivity index (χ1v) is 10.9. The van der Waals surface area contributed by atoms with Crippen LogP contribution in [0.4, 0.5) is 5.69 Å². The molecule has 168 valence electrons. The summed E-state index contributed by atoms with van der Waals surface area (Å²) >= 11 is 0. The number of nitrogens with one attached hydrogen (secondary N) is 1. The van der Waals surface area contributed by atoms with E-state index in [1.807, 2.05) is 31.2 Å². The van der Waals surface area contributed by atoms with E-state index in [9.17, 15) is 14.4 Å². The maximum Gasteiger partial charge on any atom is 0.254 e. The van der Waals surface area contributed by atoms with Crippen molar-refractivity contribution in [2.75, 3.05) is 24.6 Å². The molecule has 1 fully saturated rings. The van der Waals surface area contributed by atoms with Crippen LogP contribution >= 0.6 is 0 Å². The van der Waals surface area contributed by atoms with E-state index in [1.54, 1.807) is 36.3 Å². The molecule has 0 bridgehead atoms. The van der Waals surface area contributed by atoms with E-state index >= 15 is 0 Å². The second-order valence-corrected chi connectivity index (χ2v) is 8.50. The lowest BCUT2D eigenvalue weighted by Crippen LogP contribution is -2.62. The van der Waals surface area contributed by atoms with Crippen LogP contribution < -0.4 is 10.2 Å². The van der Waals surface area contributed by atoms with Crippen LogP contribution in [0.15, 0.2) is 53.7 Å². The van der Waals surface area contributed by atoms with Crippen LogP contribution in [0.1, 0.15) is 31.7 Å². The number of ether oxygens (including phenoxy) is 1. The zero-order valence-corrected chi connectivity index (χ0v) is 18.4. The maximum absolute atomic E-state index is 14.0. The quantitative estimate of drug-likeness (QED) is 0.737. The Kier molecular flexibility index (Phi) is 6.23. The molecule has 0 saturated carbocycles. The highest BCUT2D eigenvalue weighted by Gasteiger charge is 2.48. The van der Waals surface area contributed by atoms with Crippen molar-refractivity contribution in [3.05, 3.63) is 54.3 Å². The van der Waals surface area contributed by atoms with Crippen LogP contribution in [-0.4, -0.2) is 59.8 Å². The van der Waals surface area contributed by atoms with Gasteiger partial charge in [0.05, 0.1) is 12.5 Å². The third kappa shape index (κ3) is 4.36. The molecule has 3 aliphatic rings. The molecule has 32 heavy (non-hydrogen) atoms. The fraction of sp³-hybridized carbons (Fsp3) is 0.417. The number of hydrogen-bond donors (Lipinski definition) is 1. The van der Waals surface area contributed by atoms with Crippen molar-refractivity contribution in [3.8, 4) is 0 Å². The van der Waals surface area contributed by atoms with Gasteiger partial charge < -0.3 is 19.9 Å². The summed E-state index contributed by atoms with van der Waals surface area (Å²) in [5.74, 6) is -0.544. The fourth-order valence-electron chi connectivity index (χ4n) is 4.32. The number of benzene rings is 1. The molecule has 3 heterocycles. The standard InChI is InChI=1S/C24H28N4O4/c1-17-8-3-4-10-19(17)27(16-22(30)25-15-18-9-7-13-32-18)23(31)24(2)14-21(29)26-20-11-5-6-12-28(20)24/h3-6,8,10-12,18H,7,9,13-16H2,1-2H3,(H,25,30). The van der Waals surface area contributed by atoms with Gasteiger partial charge in [0.1, 0.15) is 17.9 Å². The van der Waals surface area contributed by atoms with Crippen molar-refractivity contribution in [2.45, 2.75) is 44.8 Å². The molecule has 1 N–H and O–H groups in total. The van der Waals surface area contributed by atoms with Gasteiger partial charge in [-0.25, -0.2) is 0 Å². The second-order valence-electron chi connectivity index (χ2n) is 8.50. The lowest BCUT2D eigenvalue weighted by molar-refractivity contribution is -0.133. The fourth-order valence-corrected chi connectivity index (χ4v) is 4.32. The number of aryl methyl sites for hydroxylation is 1. The van der Waals surface area contributed by atoms with Crippen LogP contribution in [-0.2, 0) is 19.1 Å². The van der Waals surface area contributed by atoms with Gasteiger partial charge in [-0.05, 0) is 50.5 Å². The molecule has 8 heteroatoms. The summed E-state index contributed by atoms with van der Waals surface area (Å²) in [6.45, 7) is 4.59. The Bertz CT molecular complexity index is 1010. The van der Waals surface area contributed by atoms with E-state index in [2.05, 4.69) is 10.3 Å². The van der Waals surface area contributed by atoms with Gasteiger partial charge in [-0.2, -0.15) is 4.99 Å². The Balaban J connectivity index is 1.61. The molecular formula is C24H28N4O4. The summed E-state index contributed by atoms with van der Waals surface area (Å²) in [6, 6.07) is 7.42. The number of anilines is 1. The molecule has 1 saturated heterocycles. The van der Waals surface area contributed by atoms with Gasteiger partial charge >= 0.3 is 0 Å². The number of allylic oxidation sites excluding steroid dienone is 2. The smallest absolute Gasteiger partial charge is 0.254 e. The summed E-state index contributed by atoms with van der Waals surface area (Å²) < 4.78 is 5.58. The predicted octanol–water partition coefficient (Wildman–Crippen LogP) is 2.10. The zero-order valence-electron chi connectivity index (χ0n) is 18.4. The monoisotopic (exact) mass is 436 g/mol. The van der Waals surface area contributed by atoms with Gasteiger partial charge in [0.25, 0.3) is 11.8 Å². The molecule has 0 aromatic heterocycles. The first kappa shape index (κ1) is 22.0. The number of rotatable bonds is 6. The molecule has 0 aliphatic carbocycles. The number of amides is 3. The Morgan fingerprint density at radius 2 is 2.12 bits per heavy atom. The molecule has 2 atom stereocenters. The zero-order chi connectivity index (χ0) is 22.7. The number of aliphatic imine (C=N–C) groups is 1. The van der Waals surface area contributed by atoms with Gasteiger partial charge in [-0.3, -0.25) is 14.4 Å². The topological polar surface area (TPSA) is 91.3 Å². The molecule has 2 unspecified atom stereocenters. The number of amidine groups is 1. The van der Waals surface area contributed by atoms with Crippen molar-refractivity contribution in [2.24, 2.45) is 4.99 Å². The largest absolute Gasteiger partial charge is 0.376 e. The average molecular weight is 437 g/mol. The Morgan fingerprint density at radius 1 is 1.31 bits per heavy atom. The van der Waals surface area contributed by atoms with Crippen molar-refractivity contribution in [3.63, 3.8) is 0 Å². The van der Waals surface area contributed by atoms with Crippen LogP contribution in [0, 0.1) is 6.92 Å². The van der Waals surface area contributed by atoms with E-state index in [-0.39, 0.29) is 36.8 Å². The van der Waals surface area contributed by atoms with Gasteiger partial charge in [-0.1, -0.05) is 24.3 Å². The van der Waals surface area contributed by atoms with Crippen LogP contribution in [0.2, 0.25) is 0 Å². The van der Waals surface area contributed by atoms with E-state index in [0.717, 1.165) is 18.4 Å². The normalized spacial score (nSPS) is 24.2. The van der Waals surface area contributed by atoms with E-state index in [1.165, 1.54) is 4.90 Å². The lowest BCUT2D eigenvalue weighted by Gasteiger charge is -2.44. The Morgan fingerprint density at radius 3 is 2.88 bits per heavy atom. The van der Waals surface area contributed by atoms with E-state index in [0.29, 0.717) is 24.7 Å². The van der Waals surface area contributed by atoms with Gasteiger partial charge in [0.2, 0.25) is 5.91 Å². The minimum atomic E-state index is -1.20. The highest BCUT2D eigenvalue weighted by atomic mass is 16.5. The van der Waals surface area contributed by atoms with Crippen molar-refractivity contribution in [1.29, 1.82) is 0 Å². The van der Waals surface area contributed by atoms with E-state index in [4.69, 9.17) is 4.74 Å². The minimum Gasteiger partial charge on any atom is -0.376 e. The first-order chi connectivity index (χ1) is 15.4. The van der Waals surface area contributed by atoms with Crippen LogP contribution in [0.25, 0.3) is 0 Å². The number of fused-ring (bicyclic) bond motifs is 1. The molecule has 1 aromatic rings. The SMILES string of the molecule is Cc1ccccc1N(CC(=O)NCC1CCCO1)C(=O)C1(C)CC(=O)N=C2C=CC=CN21. The first-order valence-electron chi connectivity index (χ1n) is 10.9. The third-order valence-electron chi connectivity index (χ3n) is 6.07. The molecule has 1 aromatic carbocycles. The molecule has 4 rings (SSSR count). The number of hydrogen-bond acceptors (Lipinski definition) is 5. The van der Waals surface area contributed by atoms with Crippen molar-refractivity contribution >= 4 is 29.2 Å². The highest BCUT2D eigenvalue weighted by molar-refractivity contribution is 6.13. The minimum absolute atomic E-state index is 0.0130. The third-order valence-corrected chi connectivity index (χ3v) is 6.07. The summed E-state index contributed by atoms with van der Waals surface area (Å²) in [5, 5.41) is 2.89. The molecule has 0 radical (unpaired) electrons. The predicted molar refractivity (Wildman–Crippen MR) is 121 cm³/mol. The Hall–Kier alpha value is -3.26. The second kappa shape index (κ2) is 9.08. The van der Waals surface area contributed by atoms with E-state index < -0.39 is 5.54 Å². The Labute approximate surface area is 187 Å². The number of para-hydroxylation sites is 1. The van der Waals surface area contributed by atoms with Crippen molar-refractivity contribution < 1.29 is 19.1 Å².